The molecule has 6 heteroatoms. The number of hydrogen-bond donors (Lipinski definition) is 1. The van der Waals surface area contributed by atoms with Gasteiger partial charge in [-0.15, -0.1) is 10.2 Å². The van der Waals surface area contributed by atoms with Crippen LogP contribution in [0, 0.1) is 5.92 Å². The first-order chi connectivity index (χ1) is 9.26. The lowest BCUT2D eigenvalue weighted by Gasteiger charge is -1.99. The SMILES string of the molecule is COc1ccc(-c2nnc(NC(=O)C3CC3)s2)cc1. The zero-order valence-electron chi connectivity index (χ0n) is 10.4. The van der Waals surface area contributed by atoms with E-state index in [1.54, 1.807) is 7.11 Å². The molecule has 0 saturated heterocycles. The van der Waals surface area contributed by atoms with E-state index in [1.165, 1.54) is 11.3 Å². The minimum absolute atomic E-state index is 0.0532. The summed E-state index contributed by atoms with van der Waals surface area (Å²) in [7, 11) is 1.63. The standard InChI is InChI=1S/C13H13N3O2S/c1-18-10-6-4-9(5-7-10)12-15-16-13(19-12)14-11(17)8-2-3-8/h4-8H,2-3H2,1H3,(H,14,16,17). The summed E-state index contributed by atoms with van der Waals surface area (Å²) in [5.41, 5.74) is 0.963. The Morgan fingerprint density at radius 3 is 2.68 bits per heavy atom. The van der Waals surface area contributed by atoms with Gasteiger partial charge in [0.25, 0.3) is 0 Å². The Morgan fingerprint density at radius 1 is 1.32 bits per heavy atom. The molecule has 0 aliphatic heterocycles. The van der Waals surface area contributed by atoms with Gasteiger partial charge < -0.3 is 10.1 Å². The average molecular weight is 275 g/mol. The summed E-state index contributed by atoms with van der Waals surface area (Å²) in [4.78, 5) is 11.6. The second-order valence-corrected chi connectivity index (χ2v) is 5.38. The summed E-state index contributed by atoms with van der Waals surface area (Å²) in [5.74, 6) is 1.03. The fraction of sp³-hybridized carbons (Fsp3) is 0.308. The number of methoxy groups -OCH3 is 1. The Kier molecular flexibility index (Phi) is 3.16. The van der Waals surface area contributed by atoms with Crippen molar-refractivity contribution in [2.45, 2.75) is 12.8 Å². The van der Waals surface area contributed by atoms with E-state index in [4.69, 9.17) is 4.74 Å². The van der Waals surface area contributed by atoms with Crippen molar-refractivity contribution < 1.29 is 9.53 Å². The van der Waals surface area contributed by atoms with Crippen molar-refractivity contribution >= 4 is 22.4 Å². The molecule has 3 rings (SSSR count). The molecule has 0 radical (unpaired) electrons. The molecule has 98 valence electrons. The maximum absolute atomic E-state index is 11.6. The van der Waals surface area contributed by atoms with Crippen LogP contribution in [0.15, 0.2) is 24.3 Å². The van der Waals surface area contributed by atoms with Crippen LogP contribution < -0.4 is 10.1 Å². The first-order valence-electron chi connectivity index (χ1n) is 6.05. The van der Waals surface area contributed by atoms with Crippen molar-refractivity contribution in [2.75, 3.05) is 12.4 Å². The quantitative estimate of drug-likeness (QED) is 0.931. The van der Waals surface area contributed by atoms with Crippen LogP contribution in [0.25, 0.3) is 10.6 Å². The molecule has 1 aliphatic carbocycles. The average Bonchev–Trinajstić information content (AvgIpc) is 3.20. The molecule has 1 N–H and O–H groups in total. The minimum atomic E-state index is 0.0532. The molecule has 2 aromatic rings. The summed E-state index contributed by atoms with van der Waals surface area (Å²) in [5, 5.41) is 12.2. The third-order valence-electron chi connectivity index (χ3n) is 2.94. The number of hydrogen-bond acceptors (Lipinski definition) is 5. The highest BCUT2D eigenvalue weighted by molar-refractivity contribution is 7.18. The number of nitrogens with zero attached hydrogens (tertiary/aromatic N) is 2. The van der Waals surface area contributed by atoms with Gasteiger partial charge in [-0.3, -0.25) is 4.79 Å². The minimum Gasteiger partial charge on any atom is -0.497 e. The third kappa shape index (κ3) is 2.73. The van der Waals surface area contributed by atoms with E-state index < -0.39 is 0 Å². The van der Waals surface area contributed by atoms with E-state index in [0.29, 0.717) is 5.13 Å². The molecule has 1 aromatic carbocycles. The topological polar surface area (TPSA) is 64.1 Å². The van der Waals surface area contributed by atoms with Crippen LogP contribution in [-0.4, -0.2) is 23.2 Å². The first-order valence-corrected chi connectivity index (χ1v) is 6.86. The molecular formula is C13H13N3O2S. The smallest absolute Gasteiger partial charge is 0.229 e. The largest absolute Gasteiger partial charge is 0.497 e. The zero-order valence-corrected chi connectivity index (χ0v) is 11.2. The van der Waals surface area contributed by atoms with E-state index in [0.717, 1.165) is 29.2 Å². The monoisotopic (exact) mass is 275 g/mol. The fourth-order valence-corrected chi connectivity index (χ4v) is 2.43. The maximum Gasteiger partial charge on any atom is 0.229 e. The van der Waals surface area contributed by atoms with Crippen molar-refractivity contribution in [3.63, 3.8) is 0 Å². The van der Waals surface area contributed by atoms with E-state index in [-0.39, 0.29) is 11.8 Å². The van der Waals surface area contributed by atoms with Crippen molar-refractivity contribution in [1.29, 1.82) is 0 Å². The van der Waals surface area contributed by atoms with E-state index in [9.17, 15) is 4.79 Å². The van der Waals surface area contributed by atoms with Crippen molar-refractivity contribution in [1.82, 2.24) is 10.2 Å². The van der Waals surface area contributed by atoms with Crippen molar-refractivity contribution in [3.8, 4) is 16.3 Å². The Labute approximate surface area is 114 Å². The molecule has 1 aliphatic rings. The molecule has 1 saturated carbocycles. The van der Waals surface area contributed by atoms with Gasteiger partial charge in [-0.05, 0) is 37.1 Å². The number of ether oxygens (including phenoxy) is 1. The van der Waals surface area contributed by atoms with Gasteiger partial charge in [-0.1, -0.05) is 11.3 Å². The van der Waals surface area contributed by atoms with Crippen LogP contribution in [0.1, 0.15) is 12.8 Å². The number of benzene rings is 1. The summed E-state index contributed by atoms with van der Waals surface area (Å²) >= 11 is 1.38. The molecule has 5 nitrogen and oxygen atoms in total. The van der Waals surface area contributed by atoms with E-state index >= 15 is 0 Å². The zero-order chi connectivity index (χ0) is 13.2. The van der Waals surface area contributed by atoms with Gasteiger partial charge >= 0.3 is 0 Å². The van der Waals surface area contributed by atoms with Crippen LogP contribution in [0.4, 0.5) is 5.13 Å². The second-order valence-electron chi connectivity index (χ2n) is 4.40. The first kappa shape index (κ1) is 12.1. The number of anilines is 1. The summed E-state index contributed by atoms with van der Waals surface area (Å²) in [6, 6.07) is 7.59. The predicted molar refractivity (Wildman–Crippen MR) is 73.3 cm³/mol. The van der Waals surface area contributed by atoms with Gasteiger partial charge in [0.15, 0.2) is 0 Å². The van der Waals surface area contributed by atoms with Crippen molar-refractivity contribution in [3.05, 3.63) is 24.3 Å². The fourth-order valence-electron chi connectivity index (χ4n) is 1.68. The summed E-state index contributed by atoms with van der Waals surface area (Å²) in [6.45, 7) is 0. The number of rotatable bonds is 4. The molecule has 0 spiro atoms. The van der Waals surface area contributed by atoms with Crippen molar-refractivity contribution in [2.24, 2.45) is 5.92 Å². The number of carbonyl (C=O) groups is 1. The predicted octanol–water partition coefficient (Wildman–Crippen LogP) is 2.56. The molecule has 0 bridgehead atoms. The Balaban J connectivity index is 1.73. The molecule has 0 unspecified atom stereocenters. The summed E-state index contributed by atoms with van der Waals surface area (Å²) < 4.78 is 5.11. The van der Waals surface area contributed by atoms with Crippen LogP contribution in [0.3, 0.4) is 0 Å². The number of aromatic nitrogens is 2. The number of carbonyl (C=O) groups excluding carboxylic acids is 1. The highest BCUT2D eigenvalue weighted by Crippen LogP contribution is 2.32. The van der Waals surface area contributed by atoms with E-state index in [2.05, 4.69) is 15.5 Å². The van der Waals surface area contributed by atoms with Gasteiger partial charge in [0.2, 0.25) is 11.0 Å². The lowest BCUT2D eigenvalue weighted by molar-refractivity contribution is -0.117. The Morgan fingerprint density at radius 2 is 2.05 bits per heavy atom. The van der Waals surface area contributed by atoms with Crippen LogP contribution in [0.5, 0.6) is 5.75 Å². The maximum atomic E-state index is 11.6. The molecule has 1 aromatic heterocycles. The molecule has 19 heavy (non-hydrogen) atoms. The highest BCUT2D eigenvalue weighted by Gasteiger charge is 2.30. The second kappa shape index (κ2) is 4.97. The molecule has 1 heterocycles. The highest BCUT2D eigenvalue weighted by atomic mass is 32.1. The number of amides is 1. The lowest BCUT2D eigenvalue weighted by atomic mass is 10.2. The molecular weight excluding hydrogens is 262 g/mol. The molecule has 0 atom stereocenters. The van der Waals surface area contributed by atoms with Crippen LogP contribution in [-0.2, 0) is 4.79 Å². The number of nitrogens with one attached hydrogen (secondary N) is 1. The summed E-state index contributed by atoms with van der Waals surface area (Å²) in [6.07, 6.45) is 1.96. The van der Waals surface area contributed by atoms with Gasteiger partial charge in [-0.25, -0.2) is 0 Å². The third-order valence-corrected chi connectivity index (χ3v) is 3.83. The van der Waals surface area contributed by atoms with Gasteiger partial charge in [0.05, 0.1) is 7.11 Å². The Hall–Kier alpha value is -1.95. The molecule has 1 fully saturated rings. The normalized spacial score (nSPS) is 14.2. The lowest BCUT2D eigenvalue weighted by Crippen LogP contribution is -2.12. The van der Waals surface area contributed by atoms with Gasteiger partial charge in [-0.2, -0.15) is 0 Å². The Bertz CT molecular complexity index is 590. The van der Waals surface area contributed by atoms with Crippen LogP contribution in [0.2, 0.25) is 0 Å². The van der Waals surface area contributed by atoms with E-state index in [1.807, 2.05) is 24.3 Å². The van der Waals surface area contributed by atoms with Crippen LogP contribution >= 0.6 is 11.3 Å². The molecule has 1 amide bonds. The van der Waals surface area contributed by atoms with Gasteiger partial charge in [0, 0.05) is 11.5 Å². The van der Waals surface area contributed by atoms with Gasteiger partial charge in [0.1, 0.15) is 10.8 Å².